The summed E-state index contributed by atoms with van der Waals surface area (Å²) in [4.78, 5) is 32.1. The van der Waals surface area contributed by atoms with E-state index in [4.69, 9.17) is 10.5 Å². The van der Waals surface area contributed by atoms with Gasteiger partial charge >= 0.3 is 0 Å². The van der Waals surface area contributed by atoms with Crippen LogP contribution in [0.2, 0.25) is 0 Å². The summed E-state index contributed by atoms with van der Waals surface area (Å²) in [7, 11) is 1.65. The second-order valence-corrected chi connectivity index (χ2v) is 9.64. The molecule has 0 saturated heterocycles. The Balaban J connectivity index is 1.73. The second kappa shape index (κ2) is 11.3. The van der Waals surface area contributed by atoms with Crippen molar-refractivity contribution in [2.75, 3.05) is 13.7 Å². The van der Waals surface area contributed by atoms with Gasteiger partial charge in [-0.3, -0.25) is 14.5 Å². The minimum atomic E-state index is -0.470. The van der Waals surface area contributed by atoms with Gasteiger partial charge in [0.15, 0.2) is 5.96 Å². The Bertz CT molecular complexity index is 1020. The summed E-state index contributed by atoms with van der Waals surface area (Å²) >= 11 is 0. The molecule has 2 atom stereocenters. The van der Waals surface area contributed by atoms with Crippen molar-refractivity contribution in [2.45, 2.75) is 58.2 Å². The van der Waals surface area contributed by atoms with Gasteiger partial charge < -0.3 is 15.8 Å². The van der Waals surface area contributed by atoms with Gasteiger partial charge in [-0.15, -0.1) is 0 Å². The molecule has 0 fully saturated rings. The van der Waals surface area contributed by atoms with Crippen LogP contribution >= 0.6 is 0 Å². The Kier molecular flexibility index (Phi) is 8.45. The molecule has 2 aromatic rings. The number of hydrogen-bond acceptors (Lipinski definition) is 5. The molecule has 3 N–H and O–H groups in total. The molecule has 0 aliphatic carbocycles. The molecule has 34 heavy (non-hydrogen) atoms. The van der Waals surface area contributed by atoms with Gasteiger partial charge in [-0.2, -0.15) is 0 Å². The SMILES string of the molecule is COCCC(NC(=O)c1cccc(CN2C(=O)CC(C)(CC(C)C)N=C2N)c1)c1ccccc1. The second-order valence-electron chi connectivity index (χ2n) is 9.64. The van der Waals surface area contributed by atoms with Crippen LogP contribution in [-0.2, 0) is 16.1 Å². The van der Waals surface area contributed by atoms with Crippen LogP contribution in [0.25, 0.3) is 0 Å². The third-order valence-corrected chi connectivity index (χ3v) is 5.99. The summed E-state index contributed by atoms with van der Waals surface area (Å²) in [5.74, 6) is 0.426. The van der Waals surface area contributed by atoms with Crippen LogP contribution in [0.15, 0.2) is 59.6 Å². The molecule has 0 bridgehead atoms. The maximum atomic E-state index is 13.1. The van der Waals surface area contributed by atoms with Gasteiger partial charge in [-0.25, -0.2) is 4.99 Å². The molecule has 1 aliphatic rings. The number of aliphatic imine (C=N–C) groups is 1. The summed E-state index contributed by atoms with van der Waals surface area (Å²) in [5, 5.41) is 3.11. The number of carbonyl (C=O) groups is 2. The quantitative estimate of drug-likeness (QED) is 0.554. The number of carbonyl (C=O) groups excluding carboxylic acids is 2. The summed E-state index contributed by atoms with van der Waals surface area (Å²) in [6, 6.07) is 17.0. The van der Waals surface area contributed by atoms with Crippen molar-refractivity contribution in [3.63, 3.8) is 0 Å². The molecular weight excluding hydrogens is 428 g/mol. The molecular formula is C27H36N4O3. The normalized spacial score (nSPS) is 19.1. The molecule has 0 aromatic heterocycles. The highest BCUT2D eigenvalue weighted by molar-refractivity contribution is 5.99. The third-order valence-electron chi connectivity index (χ3n) is 5.99. The van der Waals surface area contributed by atoms with Crippen molar-refractivity contribution in [1.82, 2.24) is 10.2 Å². The topological polar surface area (TPSA) is 97.0 Å². The van der Waals surface area contributed by atoms with E-state index in [1.54, 1.807) is 19.2 Å². The number of amides is 2. The molecule has 0 spiro atoms. The van der Waals surface area contributed by atoms with Gasteiger partial charge in [0.2, 0.25) is 5.91 Å². The van der Waals surface area contributed by atoms with Crippen molar-refractivity contribution < 1.29 is 14.3 Å². The fraction of sp³-hybridized carbons (Fsp3) is 0.444. The van der Waals surface area contributed by atoms with Crippen molar-refractivity contribution in [3.05, 3.63) is 71.3 Å². The first-order valence-corrected chi connectivity index (χ1v) is 11.8. The first kappa shape index (κ1) is 25.4. The Hall–Kier alpha value is -3.19. The lowest BCUT2D eigenvalue weighted by atomic mass is 9.87. The summed E-state index contributed by atoms with van der Waals surface area (Å²) in [6.45, 7) is 7.01. The number of ether oxygens (including phenoxy) is 1. The minimum Gasteiger partial charge on any atom is -0.385 e. The van der Waals surface area contributed by atoms with Crippen molar-refractivity contribution in [2.24, 2.45) is 16.6 Å². The molecule has 1 aliphatic heterocycles. The van der Waals surface area contributed by atoms with Crippen LogP contribution in [0.1, 0.15) is 67.6 Å². The van der Waals surface area contributed by atoms with E-state index < -0.39 is 5.54 Å². The Morgan fingerprint density at radius 1 is 1.21 bits per heavy atom. The number of methoxy groups -OCH3 is 1. The molecule has 2 amide bonds. The lowest BCUT2D eigenvalue weighted by Crippen LogP contribution is -2.50. The first-order chi connectivity index (χ1) is 16.2. The van der Waals surface area contributed by atoms with E-state index in [2.05, 4.69) is 24.2 Å². The summed E-state index contributed by atoms with van der Waals surface area (Å²) in [6.07, 6.45) is 1.79. The number of guanidine groups is 1. The molecule has 0 saturated carbocycles. The standard InChI is InChI=1S/C27H36N4O3/c1-19(2)16-27(3)17-24(32)31(26(28)30-27)18-20-9-8-12-22(15-20)25(33)29-23(13-14-34-4)21-10-6-5-7-11-21/h5-12,15,19,23H,13-14,16-18H2,1-4H3,(H2,28,30)(H,29,33). The molecule has 2 aromatic carbocycles. The van der Waals surface area contributed by atoms with E-state index in [0.717, 1.165) is 17.5 Å². The molecule has 3 rings (SSSR count). The van der Waals surface area contributed by atoms with E-state index in [0.29, 0.717) is 30.9 Å². The minimum absolute atomic E-state index is 0.0470. The smallest absolute Gasteiger partial charge is 0.251 e. The molecule has 0 radical (unpaired) electrons. The average molecular weight is 465 g/mol. The number of nitrogens with zero attached hydrogens (tertiary/aromatic N) is 2. The third kappa shape index (κ3) is 6.67. The highest BCUT2D eigenvalue weighted by atomic mass is 16.5. The highest BCUT2D eigenvalue weighted by Crippen LogP contribution is 2.29. The number of rotatable bonds is 10. The van der Waals surface area contributed by atoms with Gasteiger partial charge in [-0.1, -0.05) is 56.3 Å². The van der Waals surface area contributed by atoms with Crippen LogP contribution in [0.5, 0.6) is 0 Å². The van der Waals surface area contributed by atoms with Crippen molar-refractivity contribution in [1.29, 1.82) is 0 Å². The zero-order valence-corrected chi connectivity index (χ0v) is 20.6. The predicted octanol–water partition coefficient (Wildman–Crippen LogP) is 4.05. The van der Waals surface area contributed by atoms with E-state index >= 15 is 0 Å². The van der Waals surface area contributed by atoms with Crippen molar-refractivity contribution in [3.8, 4) is 0 Å². The van der Waals surface area contributed by atoms with E-state index in [9.17, 15) is 9.59 Å². The maximum absolute atomic E-state index is 13.1. The highest BCUT2D eigenvalue weighted by Gasteiger charge is 2.36. The van der Waals surface area contributed by atoms with E-state index in [1.165, 1.54) is 4.90 Å². The first-order valence-electron chi connectivity index (χ1n) is 11.8. The van der Waals surface area contributed by atoms with Crippen LogP contribution < -0.4 is 11.1 Å². The Morgan fingerprint density at radius 2 is 1.94 bits per heavy atom. The Morgan fingerprint density at radius 3 is 2.59 bits per heavy atom. The molecule has 182 valence electrons. The zero-order chi connectivity index (χ0) is 24.7. The predicted molar refractivity (Wildman–Crippen MR) is 134 cm³/mol. The number of benzene rings is 2. The number of hydrogen-bond donors (Lipinski definition) is 2. The van der Waals surface area contributed by atoms with Gasteiger partial charge in [0.1, 0.15) is 0 Å². The van der Waals surface area contributed by atoms with Gasteiger partial charge in [-0.05, 0) is 48.9 Å². The fourth-order valence-corrected chi connectivity index (χ4v) is 4.57. The fourth-order valence-electron chi connectivity index (χ4n) is 4.57. The van der Waals surface area contributed by atoms with Gasteiger partial charge in [0.05, 0.1) is 24.5 Å². The van der Waals surface area contributed by atoms with Crippen LogP contribution in [0.3, 0.4) is 0 Å². The molecule has 7 nitrogen and oxygen atoms in total. The zero-order valence-electron chi connectivity index (χ0n) is 20.6. The molecule has 7 heteroatoms. The largest absolute Gasteiger partial charge is 0.385 e. The number of nitrogens with two attached hydrogens (primary N) is 1. The van der Waals surface area contributed by atoms with Crippen LogP contribution in [0, 0.1) is 5.92 Å². The van der Waals surface area contributed by atoms with Gasteiger partial charge in [0.25, 0.3) is 5.91 Å². The van der Waals surface area contributed by atoms with E-state index in [1.807, 2.05) is 49.4 Å². The lowest BCUT2D eigenvalue weighted by molar-refractivity contribution is -0.130. The monoisotopic (exact) mass is 464 g/mol. The Labute approximate surface area is 202 Å². The lowest BCUT2D eigenvalue weighted by Gasteiger charge is -2.36. The van der Waals surface area contributed by atoms with Crippen LogP contribution in [0.4, 0.5) is 0 Å². The molecule has 2 unspecified atom stereocenters. The van der Waals surface area contributed by atoms with Gasteiger partial charge in [0, 0.05) is 19.3 Å². The number of nitrogens with one attached hydrogen (secondary N) is 1. The maximum Gasteiger partial charge on any atom is 0.251 e. The van der Waals surface area contributed by atoms with Crippen LogP contribution in [-0.4, -0.2) is 41.9 Å². The molecule has 1 heterocycles. The summed E-state index contributed by atoms with van der Waals surface area (Å²) < 4.78 is 5.23. The van der Waals surface area contributed by atoms with E-state index in [-0.39, 0.29) is 30.4 Å². The van der Waals surface area contributed by atoms with Crippen molar-refractivity contribution >= 4 is 17.8 Å². The summed E-state index contributed by atoms with van der Waals surface area (Å²) in [5.41, 5.74) is 8.11. The average Bonchev–Trinajstić information content (AvgIpc) is 2.79.